The summed E-state index contributed by atoms with van der Waals surface area (Å²) in [5.41, 5.74) is 0. The van der Waals surface area contributed by atoms with Gasteiger partial charge in [0, 0.05) is 19.6 Å². The molecule has 0 aromatic heterocycles. The number of carbonyl (C=O) groups is 1. The molecule has 0 radical (unpaired) electrons. The summed E-state index contributed by atoms with van der Waals surface area (Å²) in [6.45, 7) is 4.35. The average molecular weight is 236 g/mol. The molecule has 2 heterocycles. The molecular weight excluding hydrogens is 212 g/mol. The maximum absolute atomic E-state index is 12.5. The standard InChI is InChI=1S/C14H24N2O/c17-14(15-8-3-4-9-15)13-5-1-2-10-16(13)11-12-6-7-12/h12-13H,1-11H2. The largest absolute Gasteiger partial charge is 0.341 e. The van der Waals surface area contributed by atoms with E-state index < -0.39 is 0 Å². The van der Waals surface area contributed by atoms with Crippen LogP contribution in [0.5, 0.6) is 0 Å². The number of likely N-dealkylation sites (tertiary alicyclic amines) is 2. The van der Waals surface area contributed by atoms with Crippen molar-refractivity contribution in [1.82, 2.24) is 9.80 Å². The van der Waals surface area contributed by atoms with Gasteiger partial charge in [-0.05, 0) is 51.0 Å². The highest BCUT2D eigenvalue weighted by atomic mass is 16.2. The molecule has 0 bridgehead atoms. The van der Waals surface area contributed by atoms with Gasteiger partial charge in [-0.1, -0.05) is 6.42 Å². The van der Waals surface area contributed by atoms with E-state index in [0.29, 0.717) is 5.91 Å². The summed E-state index contributed by atoms with van der Waals surface area (Å²) in [6, 6.07) is 0.224. The molecule has 1 aliphatic carbocycles. The summed E-state index contributed by atoms with van der Waals surface area (Å²) in [5, 5.41) is 0. The zero-order valence-corrected chi connectivity index (χ0v) is 10.7. The normalized spacial score (nSPS) is 30.8. The van der Waals surface area contributed by atoms with Crippen LogP contribution in [0.1, 0.15) is 44.9 Å². The number of nitrogens with zero attached hydrogens (tertiary/aromatic N) is 2. The third-order valence-electron chi connectivity index (χ3n) is 4.51. The Bertz CT molecular complexity index is 282. The van der Waals surface area contributed by atoms with Crippen LogP contribution in [0.3, 0.4) is 0 Å². The van der Waals surface area contributed by atoms with Gasteiger partial charge < -0.3 is 4.90 Å². The van der Waals surface area contributed by atoms with Crippen LogP contribution in [0.15, 0.2) is 0 Å². The van der Waals surface area contributed by atoms with Crippen molar-refractivity contribution < 1.29 is 4.79 Å². The molecule has 1 atom stereocenters. The molecule has 0 aromatic rings. The molecule has 2 saturated heterocycles. The molecule has 3 heteroatoms. The zero-order valence-electron chi connectivity index (χ0n) is 10.7. The maximum Gasteiger partial charge on any atom is 0.239 e. The minimum Gasteiger partial charge on any atom is -0.341 e. The highest BCUT2D eigenvalue weighted by Gasteiger charge is 2.35. The topological polar surface area (TPSA) is 23.6 Å². The monoisotopic (exact) mass is 236 g/mol. The van der Waals surface area contributed by atoms with Gasteiger partial charge in [-0.25, -0.2) is 0 Å². The predicted octanol–water partition coefficient (Wildman–Crippen LogP) is 1.87. The fraction of sp³-hybridized carbons (Fsp3) is 0.929. The van der Waals surface area contributed by atoms with Crippen LogP contribution in [0.2, 0.25) is 0 Å². The van der Waals surface area contributed by atoms with Crippen LogP contribution in [0.25, 0.3) is 0 Å². The Balaban J connectivity index is 1.62. The number of rotatable bonds is 3. The number of hydrogen-bond donors (Lipinski definition) is 0. The van der Waals surface area contributed by atoms with E-state index in [9.17, 15) is 4.79 Å². The van der Waals surface area contributed by atoms with E-state index in [1.54, 1.807) is 0 Å². The second-order valence-electron chi connectivity index (χ2n) is 5.98. The number of amides is 1. The molecule has 3 rings (SSSR count). The first-order chi connectivity index (χ1) is 8.34. The van der Waals surface area contributed by atoms with E-state index in [1.165, 1.54) is 45.1 Å². The van der Waals surface area contributed by atoms with Gasteiger partial charge in [0.1, 0.15) is 0 Å². The highest BCUT2D eigenvalue weighted by molar-refractivity contribution is 5.82. The van der Waals surface area contributed by atoms with Crippen molar-refractivity contribution in [2.45, 2.75) is 51.0 Å². The first-order valence-electron chi connectivity index (χ1n) is 7.37. The minimum absolute atomic E-state index is 0.224. The second kappa shape index (κ2) is 4.97. The lowest BCUT2D eigenvalue weighted by atomic mass is 10.0. The Morgan fingerprint density at radius 1 is 0.941 bits per heavy atom. The van der Waals surface area contributed by atoms with Gasteiger partial charge >= 0.3 is 0 Å². The van der Waals surface area contributed by atoms with Crippen molar-refractivity contribution >= 4 is 5.91 Å². The Morgan fingerprint density at radius 2 is 1.65 bits per heavy atom. The first-order valence-corrected chi connectivity index (χ1v) is 7.37. The van der Waals surface area contributed by atoms with E-state index in [-0.39, 0.29) is 6.04 Å². The molecule has 96 valence electrons. The van der Waals surface area contributed by atoms with Gasteiger partial charge in [-0.3, -0.25) is 9.69 Å². The quantitative estimate of drug-likeness (QED) is 0.747. The molecule has 0 N–H and O–H groups in total. The minimum atomic E-state index is 0.224. The smallest absolute Gasteiger partial charge is 0.239 e. The van der Waals surface area contributed by atoms with Crippen LogP contribution >= 0.6 is 0 Å². The lowest BCUT2D eigenvalue weighted by Crippen LogP contribution is -2.50. The molecule has 1 amide bonds. The van der Waals surface area contributed by atoms with Gasteiger partial charge in [-0.2, -0.15) is 0 Å². The van der Waals surface area contributed by atoms with Crippen molar-refractivity contribution in [2.75, 3.05) is 26.2 Å². The van der Waals surface area contributed by atoms with Crippen molar-refractivity contribution in [1.29, 1.82) is 0 Å². The van der Waals surface area contributed by atoms with Crippen molar-refractivity contribution in [2.24, 2.45) is 5.92 Å². The lowest BCUT2D eigenvalue weighted by Gasteiger charge is -2.36. The van der Waals surface area contributed by atoms with Crippen LogP contribution in [0.4, 0.5) is 0 Å². The SMILES string of the molecule is O=C(C1CCCCN1CC1CC1)N1CCCC1. The summed E-state index contributed by atoms with van der Waals surface area (Å²) in [4.78, 5) is 17.1. The lowest BCUT2D eigenvalue weighted by molar-refractivity contribution is -0.137. The van der Waals surface area contributed by atoms with E-state index in [0.717, 1.165) is 32.0 Å². The second-order valence-corrected chi connectivity index (χ2v) is 5.98. The predicted molar refractivity (Wildman–Crippen MR) is 67.8 cm³/mol. The summed E-state index contributed by atoms with van der Waals surface area (Å²) >= 11 is 0. The van der Waals surface area contributed by atoms with Gasteiger partial charge in [0.25, 0.3) is 0 Å². The molecule has 2 aliphatic heterocycles. The molecule has 3 nitrogen and oxygen atoms in total. The Kier molecular flexibility index (Phi) is 3.37. The fourth-order valence-electron chi connectivity index (χ4n) is 3.27. The van der Waals surface area contributed by atoms with E-state index in [4.69, 9.17) is 0 Å². The van der Waals surface area contributed by atoms with Crippen molar-refractivity contribution in [3.05, 3.63) is 0 Å². The van der Waals surface area contributed by atoms with Gasteiger partial charge in [0.15, 0.2) is 0 Å². The average Bonchev–Trinajstić information content (AvgIpc) is 3.00. The first kappa shape index (κ1) is 11.5. The molecule has 0 spiro atoms. The van der Waals surface area contributed by atoms with E-state index in [2.05, 4.69) is 9.80 Å². The summed E-state index contributed by atoms with van der Waals surface area (Å²) < 4.78 is 0. The van der Waals surface area contributed by atoms with Crippen molar-refractivity contribution in [3.8, 4) is 0 Å². The van der Waals surface area contributed by atoms with Crippen LogP contribution in [0, 0.1) is 5.92 Å². The summed E-state index contributed by atoms with van der Waals surface area (Å²) in [6.07, 6.45) is 8.83. The molecule has 3 fully saturated rings. The molecular formula is C14H24N2O. The van der Waals surface area contributed by atoms with Crippen LogP contribution in [-0.4, -0.2) is 47.9 Å². The Hall–Kier alpha value is -0.570. The highest BCUT2D eigenvalue weighted by Crippen LogP contribution is 2.32. The Morgan fingerprint density at radius 3 is 2.35 bits per heavy atom. The van der Waals surface area contributed by atoms with E-state index >= 15 is 0 Å². The molecule has 3 aliphatic rings. The number of hydrogen-bond acceptors (Lipinski definition) is 2. The summed E-state index contributed by atoms with van der Waals surface area (Å²) in [5.74, 6) is 1.34. The fourth-order valence-corrected chi connectivity index (χ4v) is 3.27. The Labute approximate surface area is 104 Å². The summed E-state index contributed by atoms with van der Waals surface area (Å²) in [7, 11) is 0. The maximum atomic E-state index is 12.5. The third-order valence-corrected chi connectivity index (χ3v) is 4.51. The van der Waals surface area contributed by atoms with Crippen molar-refractivity contribution in [3.63, 3.8) is 0 Å². The van der Waals surface area contributed by atoms with E-state index in [1.807, 2.05) is 0 Å². The zero-order chi connectivity index (χ0) is 11.7. The van der Waals surface area contributed by atoms with Gasteiger partial charge in [0.2, 0.25) is 5.91 Å². The molecule has 0 aromatic carbocycles. The molecule has 17 heavy (non-hydrogen) atoms. The molecule has 1 unspecified atom stereocenters. The van der Waals surface area contributed by atoms with Gasteiger partial charge in [-0.15, -0.1) is 0 Å². The van der Waals surface area contributed by atoms with Crippen LogP contribution in [-0.2, 0) is 4.79 Å². The number of piperidine rings is 1. The van der Waals surface area contributed by atoms with Gasteiger partial charge in [0.05, 0.1) is 6.04 Å². The van der Waals surface area contributed by atoms with Crippen LogP contribution < -0.4 is 0 Å². The molecule has 1 saturated carbocycles. The number of carbonyl (C=O) groups excluding carboxylic acids is 1. The third kappa shape index (κ3) is 2.65.